The van der Waals surface area contributed by atoms with Crippen molar-refractivity contribution in [2.45, 2.75) is 0 Å². The molecule has 7 heteroatoms. The predicted octanol–water partition coefficient (Wildman–Crippen LogP) is 2.87. The van der Waals surface area contributed by atoms with E-state index in [0.29, 0.717) is 0 Å². The molecule has 0 amide bonds. The van der Waals surface area contributed by atoms with Gasteiger partial charge < -0.3 is 0 Å². The number of hydrogen-bond donors (Lipinski definition) is 0. The summed E-state index contributed by atoms with van der Waals surface area (Å²) in [6.45, 7) is 0. The second-order valence-electron chi connectivity index (χ2n) is 2.22. The van der Waals surface area contributed by atoms with Crippen LogP contribution in [0.2, 0.25) is 0 Å². The Morgan fingerprint density at radius 1 is 1.15 bits per heavy atom. The molecule has 3 nitrogen and oxygen atoms in total. The topological polar surface area (TPSA) is 38.9 Å². The Morgan fingerprint density at radius 2 is 1.77 bits per heavy atom. The second-order valence-corrected chi connectivity index (χ2v) is 4.09. The van der Waals surface area contributed by atoms with Crippen molar-refractivity contribution in [1.82, 2.24) is 10.3 Å². The van der Waals surface area contributed by atoms with E-state index < -0.39 is 11.6 Å². The van der Waals surface area contributed by atoms with Crippen LogP contribution < -0.4 is 0 Å². The van der Waals surface area contributed by atoms with Crippen LogP contribution in [0.4, 0.5) is 8.78 Å². The maximum Gasteiger partial charge on any atom is 0.176 e. The van der Waals surface area contributed by atoms with Crippen molar-refractivity contribution in [2.24, 2.45) is 0 Å². The van der Waals surface area contributed by atoms with Crippen LogP contribution in [0.25, 0.3) is 11.0 Å². The highest BCUT2D eigenvalue weighted by Gasteiger charge is 2.20. The molecule has 0 atom stereocenters. The largest absolute Gasteiger partial charge is 0.243 e. The molecule has 0 fully saturated rings. The Balaban J connectivity index is 3.02. The van der Waals surface area contributed by atoms with Gasteiger partial charge in [-0.25, -0.2) is 13.4 Å². The summed E-state index contributed by atoms with van der Waals surface area (Å²) in [4.78, 5) is 0. The van der Waals surface area contributed by atoms with Crippen molar-refractivity contribution in [2.75, 3.05) is 0 Å². The first-order valence-corrected chi connectivity index (χ1v) is 4.94. The van der Waals surface area contributed by atoms with Crippen LogP contribution in [0.5, 0.6) is 0 Å². The number of aromatic nitrogens is 2. The quantitative estimate of drug-likeness (QED) is 0.412. The van der Waals surface area contributed by atoms with Gasteiger partial charge in [0.1, 0.15) is 0 Å². The Hall–Kier alpha value is -0.310. The van der Waals surface area contributed by atoms with Crippen LogP contribution in [-0.2, 0) is 0 Å². The predicted molar refractivity (Wildman–Crippen MR) is 52.1 cm³/mol. The highest BCUT2D eigenvalue weighted by atomic mass is 127. The molecule has 0 radical (unpaired) electrons. The zero-order valence-corrected chi connectivity index (χ0v) is 9.56. The number of halogens is 4. The highest BCUT2D eigenvalue weighted by molar-refractivity contribution is 14.1. The van der Waals surface area contributed by atoms with E-state index in [1.807, 2.05) is 0 Å². The van der Waals surface area contributed by atoms with Gasteiger partial charge in [-0.05, 0) is 48.8 Å². The molecular formula is C6BrF2IN2O. The molecule has 68 valence electrons. The molecule has 0 N–H and O–H groups in total. The lowest BCUT2D eigenvalue weighted by molar-refractivity contribution is 0.315. The van der Waals surface area contributed by atoms with Crippen LogP contribution in [-0.4, -0.2) is 10.3 Å². The molecule has 0 saturated heterocycles. The monoisotopic (exact) mass is 360 g/mol. The minimum atomic E-state index is -0.979. The van der Waals surface area contributed by atoms with Crippen LogP contribution >= 0.6 is 38.5 Å². The van der Waals surface area contributed by atoms with E-state index >= 15 is 0 Å². The SMILES string of the molecule is Fc1c(F)c(I)c2nonc2c1Br. The van der Waals surface area contributed by atoms with Gasteiger partial charge in [-0.2, -0.15) is 0 Å². The van der Waals surface area contributed by atoms with Gasteiger partial charge in [-0.3, -0.25) is 0 Å². The van der Waals surface area contributed by atoms with E-state index in [4.69, 9.17) is 0 Å². The molecule has 0 bridgehead atoms. The van der Waals surface area contributed by atoms with Crippen molar-refractivity contribution >= 4 is 49.6 Å². The van der Waals surface area contributed by atoms with Crippen molar-refractivity contribution in [3.05, 3.63) is 19.7 Å². The number of nitrogens with zero attached hydrogens (tertiary/aromatic N) is 2. The number of fused-ring (bicyclic) bond motifs is 1. The maximum atomic E-state index is 13.1. The highest BCUT2D eigenvalue weighted by Crippen LogP contribution is 2.30. The normalized spacial score (nSPS) is 11.1. The lowest BCUT2D eigenvalue weighted by Gasteiger charge is -1.98. The van der Waals surface area contributed by atoms with E-state index in [-0.39, 0.29) is 19.1 Å². The molecule has 2 rings (SSSR count). The first-order chi connectivity index (χ1) is 6.13. The molecule has 0 aliphatic heterocycles. The van der Waals surface area contributed by atoms with Crippen molar-refractivity contribution in [3.63, 3.8) is 0 Å². The van der Waals surface area contributed by atoms with Gasteiger partial charge in [0.15, 0.2) is 22.7 Å². The van der Waals surface area contributed by atoms with E-state index in [1.54, 1.807) is 22.6 Å². The molecule has 13 heavy (non-hydrogen) atoms. The fourth-order valence-electron chi connectivity index (χ4n) is 0.877. The standard InChI is InChI=1S/C6BrF2IN2O/c7-1-2(8)3(9)4(10)6-5(1)11-13-12-6. The lowest BCUT2D eigenvalue weighted by atomic mass is 10.3. The molecule has 0 aliphatic carbocycles. The van der Waals surface area contributed by atoms with Crippen LogP contribution in [0.1, 0.15) is 0 Å². The van der Waals surface area contributed by atoms with E-state index in [2.05, 4.69) is 30.9 Å². The molecule has 1 aromatic carbocycles. The van der Waals surface area contributed by atoms with Crippen LogP contribution in [0.3, 0.4) is 0 Å². The summed E-state index contributed by atoms with van der Waals surface area (Å²) < 4.78 is 30.5. The average molecular weight is 361 g/mol. The molecule has 1 heterocycles. The van der Waals surface area contributed by atoms with Crippen LogP contribution in [0, 0.1) is 15.2 Å². The number of rotatable bonds is 0. The molecule has 2 aromatic rings. The van der Waals surface area contributed by atoms with Gasteiger partial charge in [-0.15, -0.1) is 0 Å². The maximum absolute atomic E-state index is 13.1. The summed E-state index contributed by atoms with van der Waals surface area (Å²) in [7, 11) is 0. The smallest absolute Gasteiger partial charge is 0.176 e. The third-order valence-electron chi connectivity index (χ3n) is 1.48. The van der Waals surface area contributed by atoms with Crippen molar-refractivity contribution < 1.29 is 13.4 Å². The molecule has 1 aromatic heterocycles. The Bertz CT molecular complexity index is 445. The lowest BCUT2D eigenvalue weighted by Crippen LogP contribution is -1.92. The van der Waals surface area contributed by atoms with Gasteiger partial charge in [0.25, 0.3) is 0 Å². The van der Waals surface area contributed by atoms with E-state index in [9.17, 15) is 8.78 Å². The third-order valence-corrected chi connectivity index (χ3v) is 3.19. The zero-order chi connectivity index (χ0) is 9.59. The Labute approximate surface area is 92.7 Å². The number of benzene rings is 1. The summed E-state index contributed by atoms with van der Waals surface area (Å²) in [6, 6.07) is 0. The van der Waals surface area contributed by atoms with Crippen molar-refractivity contribution in [3.8, 4) is 0 Å². The summed E-state index contributed by atoms with van der Waals surface area (Å²) >= 11 is 4.51. The van der Waals surface area contributed by atoms with Gasteiger partial charge in [-0.1, -0.05) is 0 Å². The van der Waals surface area contributed by atoms with Crippen molar-refractivity contribution in [1.29, 1.82) is 0 Å². The van der Waals surface area contributed by atoms with Gasteiger partial charge in [0.2, 0.25) is 0 Å². The fourth-order valence-corrected chi connectivity index (χ4v) is 1.90. The summed E-state index contributed by atoms with van der Waals surface area (Å²) in [5.74, 6) is -1.93. The minimum absolute atomic E-state index is 0.0644. The van der Waals surface area contributed by atoms with Gasteiger partial charge in [0.05, 0.1) is 8.04 Å². The van der Waals surface area contributed by atoms with E-state index in [1.165, 1.54) is 0 Å². The van der Waals surface area contributed by atoms with Gasteiger partial charge >= 0.3 is 0 Å². The first kappa shape index (κ1) is 9.25. The molecule has 0 unspecified atom stereocenters. The number of hydrogen-bond acceptors (Lipinski definition) is 3. The van der Waals surface area contributed by atoms with Crippen LogP contribution in [0.15, 0.2) is 9.10 Å². The third kappa shape index (κ3) is 1.25. The van der Waals surface area contributed by atoms with E-state index in [0.717, 1.165) is 0 Å². The summed E-state index contributed by atoms with van der Waals surface area (Å²) in [6.07, 6.45) is 0. The zero-order valence-electron chi connectivity index (χ0n) is 5.81. The minimum Gasteiger partial charge on any atom is -0.243 e. The fraction of sp³-hybridized carbons (Fsp3) is 0. The molecule has 0 spiro atoms. The molecule has 0 aliphatic rings. The molecule has 0 saturated carbocycles. The summed E-state index contributed by atoms with van der Waals surface area (Å²) in [5, 5.41) is 6.89. The Kier molecular flexibility index (Phi) is 2.22. The molecular weight excluding hydrogens is 361 g/mol. The second kappa shape index (κ2) is 3.12. The average Bonchev–Trinajstić information content (AvgIpc) is 2.59. The Morgan fingerprint density at radius 3 is 2.46 bits per heavy atom. The first-order valence-electron chi connectivity index (χ1n) is 3.07. The summed E-state index contributed by atoms with van der Waals surface area (Å²) in [5.41, 5.74) is 0.398. The van der Waals surface area contributed by atoms with Gasteiger partial charge in [0, 0.05) is 0 Å².